The van der Waals surface area contributed by atoms with E-state index in [0.717, 1.165) is 29.7 Å². The van der Waals surface area contributed by atoms with E-state index in [9.17, 15) is 9.90 Å². The van der Waals surface area contributed by atoms with Crippen LogP contribution in [-0.2, 0) is 16.1 Å². The second-order valence-electron chi connectivity index (χ2n) is 9.19. The molecule has 1 aromatic rings. The summed E-state index contributed by atoms with van der Waals surface area (Å²) in [5.74, 6) is 1.04. The summed E-state index contributed by atoms with van der Waals surface area (Å²) in [6.07, 6.45) is 3.12. The summed E-state index contributed by atoms with van der Waals surface area (Å²) in [4.78, 5) is 18.3. The van der Waals surface area contributed by atoms with E-state index >= 15 is 0 Å². The Morgan fingerprint density at radius 2 is 1.87 bits per heavy atom. The van der Waals surface area contributed by atoms with Crippen molar-refractivity contribution in [3.8, 4) is 5.75 Å². The van der Waals surface area contributed by atoms with E-state index in [4.69, 9.17) is 9.57 Å². The number of carbonyl (C=O) groups is 1. The molecule has 0 saturated carbocycles. The summed E-state index contributed by atoms with van der Waals surface area (Å²) in [6.45, 7) is 14.9. The number of hydrogen-bond acceptors (Lipinski definition) is 5. The van der Waals surface area contributed by atoms with E-state index < -0.39 is 0 Å². The molecular formula is C25H35NO4. The number of rotatable bonds is 6. The standard InChI is InChI=1S/C25H35NO4/c1-8-10-19(26-29-9-2)23-20(27)11-17(12-21(23)28)22-14(3)15(4)24-18(16(22)5)13-25(6,7)30-24/h17,27H,8-13H2,1-7H3. The zero-order valence-corrected chi connectivity index (χ0v) is 19.4. The number of allylic oxidation sites excluding steroid dienone is 2. The van der Waals surface area contributed by atoms with Gasteiger partial charge in [-0.05, 0) is 76.1 Å². The fraction of sp³-hybridized carbons (Fsp3) is 0.600. The van der Waals surface area contributed by atoms with Crippen LogP contribution in [-0.4, -0.2) is 28.8 Å². The molecule has 5 heteroatoms. The maximum atomic E-state index is 13.1. The fourth-order valence-corrected chi connectivity index (χ4v) is 4.94. The molecule has 0 saturated heterocycles. The van der Waals surface area contributed by atoms with Gasteiger partial charge >= 0.3 is 0 Å². The van der Waals surface area contributed by atoms with E-state index in [-0.39, 0.29) is 23.1 Å². The van der Waals surface area contributed by atoms with Gasteiger partial charge in [0, 0.05) is 24.8 Å². The van der Waals surface area contributed by atoms with Crippen LogP contribution in [0.25, 0.3) is 0 Å². The predicted octanol–water partition coefficient (Wildman–Crippen LogP) is 5.78. The minimum absolute atomic E-state index is 0.0380. The first kappa shape index (κ1) is 22.4. The van der Waals surface area contributed by atoms with E-state index in [1.165, 1.54) is 16.7 Å². The lowest BCUT2D eigenvalue weighted by Crippen LogP contribution is -2.25. The number of benzene rings is 1. The highest BCUT2D eigenvalue weighted by Crippen LogP contribution is 2.46. The normalized spacial score (nSPS) is 21.0. The second kappa shape index (κ2) is 8.44. The number of oxime groups is 1. The molecule has 5 nitrogen and oxygen atoms in total. The molecule has 1 unspecified atom stereocenters. The SMILES string of the molecule is CCCC(=NOCC)C1=C(O)CC(c2c(C)c(C)c3c(c2C)CC(C)(C)O3)CC1=O. The number of Topliss-reactive ketones (excluding diaryl/α,β-unsaturated/α-hetero) is 1. The minimum atomic E-state index is -0.217. The van der Waals surface area contributed by atoms with Crippen molar-refractivity contribution in [1.29, 1.82) is 0 Å². The van der Waals surface area contributed by atoms with Crippen LogP contribution in [0.3, 0.4) is 0 Å². The van der Waals surface area contributed by atoms with Gasteiger partial charge in [0.2, 0.25) is 0 Å². The minimum Gasteiger partial charge on any atom is -0.511 e. The molecule has 0 radical (unpaired) electrons. The topological polar surface area (TPSA) is 68.1 Å². The monoisotopic (exact) mass is 413 g/mol. The van der Waals surface area contributed by atoms with Gasteiger partial charge in [-0.1, -0.05) is 18.5 Å². The summed E-state index contributed by atoms with van der Waals surface area (Å²) in [6, 6.07) is 0. The number of aliphatic hydroxyl groups is 1. The molecule has 1 aliphatic heterocycles. The maximum Gasteiger partial charge on any atom is 0.168 e. The van der Waals surface area contributed by atoms with Gasteiger partial charge in [0.25, 0.3) is 0 Å². The Balaban J connectivity index is 2.02. The second-order valence-corrected chi connectivity index (χ2v) is 9.19. The highest BCUT2D eigenvalue weighted by Gasteiger charge is 2.38. The van der Waals surface area contributed by atoms with Crippen molar-refractivity contribution < 1.29 is 19.5 Å². The van der Waals surface area contributed by atoms with E-state index in [1.807, 2.05) is 13.8 Å². The Kier molecular flexibility index (Phi) is 6.30. The molecule has 2 aliphatic rings. The lowest BCUT2D eigenvalue weighted by atomic mass is 9.76. The molecule has 0 spiro atoms. The number of fused-ring (bicyclic) bond motifs is 1. The molecule has 1 heterocycles. The molecule has 1 atom stereocenters. The molecule has 0 bridgehead atoms. The van der Waals surface area contributed by atoms with Crippen LogP contribution in [0.2, 0.25) is 0 Å². The van der Waals surface area contributed by atoms with Gasteiger partial charge in [0.05, 0.1) is 11.3 Å². The Hall–Kier alpha value is -2.30. The van der Waals surface area contributed by atoms with Gasteiger partial charge in [-0.25, -0.2) is 0 Å². The quantitative estimate of drug-likeness (QED) is 0.474. The molecule has 1 aliphatic carbocycles. The van der Waals surface area contributed by atoms with E-state index in [1.54, 1.807) is 0 Å². The van der Waals surface area contributed by atoms with Crippen LogP contribution < -0.4 is 4.74 Å². The number of ketones is 1. The Bertz CT molecular complexity index is 924. The summed E-state index contributed by atoms with van der Waals surface area (Å²) in [5.41, 5.74) is 6.63. The van der Waals surface area contributed by atoms with E-state index in [2.05, 4.69) is 39.8 Å². The van der Waals surface area contributed by atoms with Crippen LogP contribution in [0.5, 0.6) is 5.75 Å². The predicted molar refractivity (Wildman–Crippen MR) is 120 cm³/mol. The van der Waals surface area contributed by atoms with Gasteiger partial charge in [-0.3, -0.25) is 4.79 Å². The third kappa shape index (κ3) is 3.99. The van der Waals surface area contributed by atoms with Gasteiger partial charge in [-0.15, -0.1) is 0 Å². The largest absolute Gasteiger partial charge is 0.511 e. The first-order valence-corrected chi connectivity index (χ1v) is 11.1. The lowest BCUT2D eigenvalue weighted by molar-refractivity contribution is -0.116. The summed E-state index contributed by atoms with van der Waals surface area (Å²) in [5, 5.41) is 15.0. The zero-order chi connectivity index (χ0) is 22.2. The van der Waals surface area contributed by atoms with Crippen LogP contribution in [0.15, 0.2) is 16.5 Å². The van der Waals surface area contributed by atoms with Crippen LogP contribution in [0, 0.1) is 20.8 Å². The lowest BCUT2D eigenvalue weighted by Gasteiger charge is -2.28. The molecule has 0 aromatic heterocycles. The van der Waals surface area contributed by atoms with Crippen molar-refractivity contribution in [2.24, 2.45) is 5.16 Å². The average molecular weight is 414 g/mol. The molecule has 1 aromatic carbocycles. The number of carbonyl (C=O) groups excluding carboxylic acids is 1. The Morgan fingerprint density at radius 1 is 1.17 bits per heavy atom. The Labute approximate surface area is 180 Å². The van der Waals surface area contributed by atoms with Crippen LogP contribution in [0.4, 0.5) is 0 Å². The zero-order valence-electron chi connectivity index (χ0n) is 19.4. The first-order chi connectivity index (χ1) is 14.1. The number of hydrogen-bond donors (Lipinski definition) is 1. The highest BCUT2D eigenvalue weighted by atomic mass is 16.6. The third-order valence-electron chi connectivity index (χ3n) is 6.35. The van der Waals surface area contributed by atoms with Crippen molar-refractivity contribution in [2.45, 2.75) is 92.1 Å². The first-order valence-electron chi connectivity index (χ1n) is 11.1. The Morgan fingerprint density at radius 3 is 2.47 bits per heavy atom. The van der Waals surface area contributed by atoms with Crippen molar-refractivity contribution in [2.75, 3.05) is 6.61 Å². The van der Waals surface area contributed by atoms with Gasteiger partial charge < -0.3 is 14.7 Å². The summed E-state index contributed by atoms with van der Waals surface area (Å²) in [7, 11) is 0. The van der Waals surface area contributed by atoms with Crippen LogP contribution >= 0.6 is 0 Å². The van der Waals surface area contributed by atoms with Crippen molar-refractivity contribution in [1.82, 2.24) is 0 Å². The highest BCUT2D eigenvalue weighted by molar-refractivity contribution is 6.23. The number of nitrogens with zero attached hydrogens (tertiary/aromatic N) is 1. The summed E-state index contributed by atoms with van der Waals surface area (Å²) < 4.78 is 6.23. The molecular weight excluding hydrogens is 378 g/mol. The van der Waals surface area contributed by atoms with Gasteiger partial charge in [-0.2, -0.15) is 0 Å². The molecule has 3 rings (SSSR count). The number of aliphatic hydroxyl groups excluding tert-OH is 1. The van der Waals surface area contributed by atoms with E-state index in [0.29, 0.717) is 37.2 Å². The molecule has 0 fully saturated rings. The third-order valence-corrected chi connectivity index (χ3v) is 6.35. The maximum absolute atomic E-state index is 13.1. The van der Waals surface area contributed by atoms with Crippen molar-refractivity contribution in [3.05, 3.63) is 39.1 Å². The van der Waals surface area contributed by atoms with Gasteiger partial charge in [0.15, 0.2) is 5.78 Å². The molecule has 164 valence electrons. The molecule has 1 N–H and O–H groups in total. The summed E-state index contributed by atoms with van der Waals surface area (Å²) >= 11 is 0. The molecule has 0 amide bonds. The molecule has 30 heavy (non-hydrogen) atoms. The van der Waals surface area contributed by atoms with Crippen molar-refractivity contribution >= 4 is 11.5 Å². The average Bonchev–Trinajstić information content (AvgIpc) is 3.00. The van der Waals surface area contributed by atoms with Crippen LogP contribution in [0.1, 0.15) is 87.1 Å². The fourth-order valence-electron chi connectivity index (χ4n) is 4.94. The van der Waals surface area contributed by atoms with Crippen molar-refractivity contribution in [3.63, 3.8) is 0 Å². The number of ether oxygens (including phenoxy) is 1. The smallest absolute Gasteiger partial charge is 0.168 e. The van der Waals surface area contributed by atoms with Gasteiger partial charge in [0.1, 0.15) is 23.7 Å².